The van der Waals surface area contributed by atoms with E-state index in [0.29, 0.717) is 11.1 Å². The average molecular weight is 394 g/mol. The maximum Gasteiger partial charge on any atom is 0.246 e. The van der Waals surface area contributed by atoms with E-state index in [-0.39, 0.29) is 5.91 Å². The van der Waals surface area contributed by atoms with E-state index in [2.05, 4.69) is 6.92 Å². The fraction of sp³-hybridized carbons (Fsp3) is 0.304. The number of carbonyl (C=O) groups excluding carboxylic acids is 1. The summed E-state index contributed by atoms with van der Waals surface area (Å²) in [6.07, 6.45) is 9.88. The van der Waals surface area contributed by atoms with Crippen LogP contribution in [0.4, 0.5) is 0 Å². The van der Waals surface area contributed by atoms with Gasteiger partial charge in [-0.1, -0.05) is 42.8 Å². The fourth-order valence-corrected chi connectivity index (χ4v) is 4.23. The molecule has 28 heavy (non-hydrogen) atoms. The van der Waals surface area contributed by atoms with Gasteiger partial charge in [-0.05, 0) is 50.0 Å². The molecule has 0 bridgehead atoms. The molecule has 4 nitrogen and oxygen atoms in total. The maximum atomic E-state index is 12.9. The summed E-state index contributed by atoms with van der Waals surface area (Å²) in [5, 5.41) is 5.37. The Labute approximate surface area is 170 Å². The number of likely N-dealkylation sites (tertiary alicyclic amines) is 1. The Morgan fingerprint density at radius 1 is 1.21 bits per heavy atom. The maximum absolute atomic E-state index is 12.9. The van der Waals surface area contributed by atoms with Crippen molar-refractivity contribution in [3.05, 3.63) is 65.3 Å². The summed E-state index contributed by atoms with van der Waals surface area (Å²) in [5.41, 5.74) is 3.51. The smallest absolute Gasteiger partial charge is 0.246 e. The second kappa shape index (κ2) is 8.19. The van der Waals surface area contributed by atoms with Crippen molar-refractivity contribution in [2.75, 3.05) is 6.54 Å². The van der Waals surface area contributed by atoms with Gasteiger partial charge in [-0.15, -0.1) is 0 Å². The van der Waals surface area contributed by atoms with Crippen LogP contribution in [-0.4, -0.2) is 33.0 Å². The molecule has 1 aromatic carbocycles. The third-order valence-corrected chi connectivity index (χ3v) is 5.81. The molecule has 3 heterocycles. The lowest BCUT2D eigenvalue weighted by Crippen LogP contribution is -2.42. The van der Waals surface area contributed by atoms with E-state index in [0.717, 1.165) is 48.1 Å². The van der Waals surface area contributed by atoms with Crippen LogP contribution in [0.2, 0.25) is 5.02 Å². The van der Waals surface area contributed by atoms with Crippen LogP contribution in [0.25, 0.3) is 22.9 Å². The second-order valence-electron chi connectivity index (χ2n) is 7.20. The molecule has 3 aromatic rings. The Kier molecular flexibility index (Phi) is 5.49. The summed E-state index contributed by atoms with van der Waals surface area (Å²) in [6, 6.07) is 13.9. The summed E-state index contributed by atoms with van der Waals surface area (Å²) in [7, 11) is 0. The van der Waals surface area contributed by atoms with Crippen molar-refractivity contribution in [3.8, 4) is 11.3 Å². The number of aromatic nitrogens is 2. The van der Waals surface area contributed by atoms with Crippen LogP contribution < -0.4 is 0 Å². The van der Waals surface area contributed by atoms with Gasteiger partial charge in [-0.3, -0.25) is 4.79 Å². The number of pyridine rings is 1. The van der Waals surface area contributed by atoms with Gasteiger partial charge in [0.2, 0.25) is 5.91 Å². The fourth-order valence-electron chi connectivity index (χ4n) is 4.00. The summed E-state index contributed by atoms with van der Waals surface area (Å²) in [6.45, 7) is 2.99. The molecule has 1 atom stereocenters. The Hall–Kier alpha value is -2.59. The first-order chi connectivity index (χ1) is 13.7. The highest BCUT2D eigenvalue weighted by Gasteiger charge is 2.24. The molecule has 0 aliphatic carbocycles. The van der Waals surface area contributed by atoms with Gasteiger partial charge in [0.25, 0.3) is 0 Å². The molecule has 0 spiro atoms. The van der Waals surface area contributed by atoms with Crippen LogP contribution >= 0.6 is 11.6 Å². The quantitative estimate of drug-likeness (QED) is 0.552. The lowest BCUT2D eigenvalue weighted by atomic mass is 9.99. The average Bonchev–Trinajstić information content (AvgIpc) is 3.10. The van der Waals surface area contributed by atoms with Gasteiger partial charge in [-0.2, -0.15) is 5.10 Å². The summed E-state index contributed by atoms with van der Waals surface area (Å²) < 4.78 is 1.83. The standard InChI is InChI=1S/C23H24ClN3O/c1-2-17-9-5-7-15-26(17)22(28)14-13-19-21-12-6-8-16-27(21)25-23(19)18-10-3-4-11-20(18)24/h3-4,6,8,10-14,16-17H,2,5,7,9,15H2,1H3/b14-13+. The normalized spacial score (nSPS) is 17.5. The molecule has 1 aliphatic heterocycles. The minimum absolute atomic E-state index is 0.0759. The Morgan fingerprint density at radius 3 is 2.86 bits per heavy atom. The Morgan fingerprint density at radius 2 is 2.04 bits per heavy atom. The predicted molar refractivity (Wildman–Crippen MR) is 114 cm³/mol. The van der Waals surface area contributed by atoms with Crippen molar-refractivity contribution in [2.45, 2.75) is 38.6 Å². The van der Waals surface area contributed by atoms with Crippen LogP contribution in [0.15, 0.2) is 54.7 Å². The SMILES string of the molecule is CCC1CCCCN1C(=O)/C=C/c1c(-c2ccccc2Cl)nn2ccccc12. The van der Waals surface area contributed by atoms with Gasteiger partial charge in [0.1, 0.15) is 5.69 Å². The van der Waals surface area contributed by atoms with Crippen LogP contribution in [0.3, 0.4) is 0 Å². The first-order valence-corrected chi connectivity index (χ1v) is 10.3. The van der Waals surface area contributed by atoms with Crippen LogP contribution in [0, 0.1) is 0 Å². The highest BCUT2D eigenvalue weighted by molar-refractivity contribution is 6.33. The second-order valence-corrected chi connectivity index (χ2v) is 7.60. The summed E-state index contributed by atoms with van der Waals surface area (Å²) >= 11 is 6.43. The number of carbonyl (C=O) groups is 1. The largest absolute Gasteiger partial charge is 0.336 e. The number of halogens is 1. The van der Waals surface area contributed by atoms with E-state index < -0.39 is 0 Å². The zero-order valence-electron chi connectivity index (χ0n) is 16.0. The van der Waals surface area contributed by atoms with Crippen LogP contribution in [0.5, 0.6) is 0 Å². The molecule has 0 N–H and O–H groups in total. The number of rotatable bonds is 4. The van der Waals surface area contributed by atoms with Gasteiger partial charge in [0.15, 0.2) is 0 Å². The van der Waals surface area contributed by atoms with E-state index in [1.807, 2.05) is 64.2 Å². The molecule has 1 saturated heterocycles. The zero-order chi connectivity index (χ0) is 19.5. The van der Waals surface area contributed by atoms with Crippen LogP contribution in [-0.2, 0) is 4.79 Å². The molecule has 1 amide bonds. The zero-order valence-corrected chi connectivity index (χ0v) is 16.8. The van der Waals surface area contributed by atoms with Gasteiger partial charge < -0.3 is 4.90 Å². The first kappa shape index (κ1) is 18.8. The van der Waals surface area contributed by atoms with Crippen molar-refractivity contribution in [1.82, 2.24) is 14.5 Å². The third-order valence-electron chi connectivity index (χ3n) is 5.48. The van der Waals surface area contributed by atoms with Gasteiger partial charge >= 0.3 is 0 Å². The molecule has 144 valence electrons. The molecule has 2 aromatic heterocycles. The highest BCUT2D eigenvalue weighted by Crippen LogP contribution is 2.32. The third kappa shape index (κ3) is 3.57. The molecule has 0 saturated carbocycles. The number of amides is 1. The molecular formula is C23H24ClN3O. The van der Waals surface area contributed by atoms with E-state index in [1.165, 1.54) is 6.42 Å². The van der Waals surface area contributed by atoms with E-state index in [9.17, 15) is 4.79 Å². The minimum atomic E-state index is 0.0759. The number of piperidine rings is 1. The number of benzene rings is 1. The topological polar surface area (TPSA) is 37.6 Å². The van der Waals surface area contributed by atoms with Crippen molar-refractivity contribution < 1.29 is 4.79 Å². The first-order valence-electron chi connectivity index (χ1n) is 9.90. The van der Waals surface area contributed by atoms with E-state index in [1.54, 1.807) is 6.08 Å². The Balaban J connectivity index is 1.73. The van der Waals surface area contributed by atoms with Crippen molar-refractivity contribution in [1.29, 1.82) is 0 Å². The predicted octanol–water partition coefficient (Wildman–Crippen LogP) is 5.46. The van der Waals surface area contributed by atoms with Gasteiger partial charge in [0, 0.05) is 36.0 Å². The molecule has 1 unspecified atom stereocenters. The number of hydrogen-bond donors (Lipinski definition) is 0. The van der Waals surface area contributed by atoms with Crippen molar-refractivity contribution >= 4 is 29.1 Å². The van der Waals surface area contributed by atoms with Crippen molar-refractivity contribution in [2.24, 2.45) is 0 Å². The number of fused-ring (bicyclic) bond motifs is 1. The van der Waals surface area contributed by atoms with Gasteiger partial charge in [-0.25, -0.2) is 4.52 Å². The summed E-state index contributed by atoms with van der Waals surface area (Å²) in [5.74, 6) is 0.0759. The monoisotopic (exact) mass is 393 g/mol. The number of hydrogen-bond acceptors (Lipinski definition) is 2. The minimum Gasteiger partial charge on any atom is -0.336 e. The molecule has 0 radical (unpaired) electrons. The molecule has 4 rings (SSSR count). The number of nitrogens with zero attached hydrogens (tertiary/aromatic N) is 3. The molecular weight excluding hydrogens is 370 g/mol. The molecule has 1 fully saturated rings. The Bertz CT molecular complexity index is 1020. The van der Waals surface area contributed by atoms with Crippen molar-refractivity contribution in [3.63, 3.8) is 0 Å². The van der Waals surface area contributed by atoms with E-state index >= 15 is 0 Å². The lowest BCUT2D eigenvalue weighted by molar-refractivity contribution is -0.129. The van der Waals surface area contributed by atoms with E-state index in [4.69, 9.17) is 16.7 Å². The highest BCUT2D eigenvalue weighted by atomic mass is 35.5. The molecule has 1 aliphatic rings. The van der Waals surface area contributed by atoms with Gasteiger partial charge in [0.05, 0.1) is 10.5 Å². The lowest BCUT2D eigenvalue weighted by Gasteiger charge is -2.34. The summed E-state index contributed by atoms with van der Waals surface area (Å²) in [4.78, 5) is 14.9. The molecule has 5 heteroatoms. The van der Waals surface area contributed by atoms with Crippen LogP contribution in [0.1, 0.15) is 38.2 Å².